The van der Waals surface area contributed by atoms with Crippen LogP contribution in [-0.2, 0) is 0 Å². The van der Waals surface area contributed by atoms with E-state index < -0.39 is 0 Å². The molecule has 1 aliphatic heterocycles. The Morgan fingerprint density at radius 2 is 2.11 bits per heavy atom. The molecule has 1 atom stereocenters. The average molecular weight is 248 g/mol. The predicted molar refractivity (Wildman–Crippen MR) is 76.5 cm³/mol. The van der Waals surface area contributed by atoms with E-state index >= 15 is 0 Å². The van der Waals surface area contributed by atoms with Crippen molar-refractivity contribution in [3.8, 4) is 5.75 Å². The van der Waals surface area contributed by atoms with Crippen LogP contribution in [0.3, 0.4) is 0 Å². The number of nitrogens with one attached hydrogen (secondary N) is 1. The van der Waals surface area contributed by atoms with Crippen LogP contribution in [0.5, 0.6) is 5.75 Å². The number of anilines is 1. The van der Waals surface area contributed by atoms with Crippen LogP contribution in [0.2, 0.25) is 0 Å². The Bertz CT molecular complexity index is 350. The minimum atomic E-state index is 0.620. The molecule has 0 aliphatic carbocycles. The van der Waals surface area contributed by atoms with Crippen LogP contribution in [-0.4, -0.2) is 32.8 Å². The van der Waals surface area contributed by atoms with E-state index in [1.165, 1.54) is 18.5 Å². The maximum absolute atomic E-state index is 5.61. The standard InChI is InChI=1S/C15H24N2O/c1-3-11-18-15-8-6-14(7-9-15)17-10-4-5-13(12-17)16-2/h6-9,13,16H,3-5,10-12H2,1-2H3. The summed E-state index contributed by atoms with van der Waals surface area (Å²) in [5.41, 5.74) is 1.30. The molecule has 1 saturated heterocycles. The average Bonchev–Trinajstić information content (AvgIpc) is 2.46. The van der Waals surface area contributed by atoms with Crippen LogP contribution in [0.15, 0.2) is 24.3 Å². The summed E-state index contributed by atoms with van der Waals surface area (Å²) in [6, 6.07) is 9.11. The first-order chi connectivity index (χ1) is 8.83. The van der Waals surface area contributed by atoms with Gasteiger partial charge in [0.15, 0.2) is 0 Å². The molecule has 0 bridgehead atoms. The first-order valence-electron chi connectivity index (χ1n) is 6.98. The first-order valence-corrected chi connectivity index (χ1v) is 6.98. The maximum Gasteiger partial charge on any atom is 0.119 e. The molecule has 1 aliphatic rings. The topological polar surface area (TPSA) is 24.5 Å². The lowest BCUT2D eigenvalue weighted by molar-refractivity contribution is 0.317. The Hall–Kier alpha value is -1.22. The highest BCUT2D eigenvalue weighted by molar-refractivity contribution is 5.49. The van der Waals surface area contributed by atoms with Crippen molar-refractivity contribution < 1.29 is 4.74 Å². The Labute approximate surface area is 110 Å². The highest BCUT2D eigenvalue weighted by Gasteiger charge is 2.18. The summed E-state index contributed by atoms with van der Waals surface area (Å²) in [5.74, 6) is 0.975. The van der Waals surface area contributed by atoms with E-state index in [4.69, 9.17) is 4.74 Å². The van der Waals surface area contributed by atoms with Gasteiger partial charge < -0.3 is 15.0 Å². The molecule has 3 heteroatoms. The SMILES string of the molecule is CCCOc1ccc(N2CCCC(NC)C2)cc1. The van der Waals surface area contributed by atoms with Crippen LogP contribution in [0.25, 0.3) is 0 Å². The number of hydrogen-bond acceptors (Lipinski definition) is 3. The molecular weight excluding hydrogens is 224 g/mol. The molecule has 100 valence electrons. The van der Waals surface area contributed by atoms with Crippen molar-refractivity contribution in [1.82, 2.24) is 5.32 Å². The fourth-order valence-electron chi connectivity index (χ4n) is 2.42. The minimum absolute atomic E-state index is 0.620. The van der Waals surface area contributed by atoms with Gasteiger partial charge in [-0.2, -0.15) is 0 Å². The van der Waals surface area contributed by atoms with Crippen LogP contribution in [0.4, 0.5) is 5.69 Å². The lowest BCUT2D eigenvalue weighted by Gasteiger charge is -2.34. The Morgan fingerprint density at radius 1 is 1.33 bits per heavy atom. The maximum atomic E-state index is 5.61. The predicted octanol–water partition coefficient (Wildman–Crippen LogP) is 2.66. The van der Waals surface area contributed by atoms with Crippen molar-refractivity contribution in [3.63, 3.8) is 0 Å². The van der Waals surface area contributed by atoms with Gasteiger partial charge in [-0.05, 0) is 50.6 Å². The van der Waals surface area contributed by atoms with Crippen molar-refractivity contribution in [2.45, 2.75) is 32.2 Å². The smallest absolute Gasteiger partial charge is 0.119 e. The zero-order valence-corrected chi connectivity index (χ0v) is 11.5. The van der Waals surface area contributed by atoms with Gasteiger partial charge in [0.2, 0.25) is 0 Å². The molecule has 1 aromatic carbocycles. The van der Waals surface area contributed by atoms with Crippen LogP contribution < -0.4 is 15.0 Å². The molecule has 0 radical (unpaired) electrons. The van der Waals surface area contributed by atoms with Gasteiger partial charge in [-0.1, -0.05) is 6.92 Å². The van der Waals surface area contributed by atoms with Gasteiger partial charge in [0.1, 0.15) is 5.75 Å². The summed E-state index contributed by atoms with van der Waals surface area (Å²) < 4.78 is 5.61. The van der Waals surface area contributed by atoms with Gasteiger partial charge in [-0.15, -0.1) is 0 Å². The van der Waals surface area contributed by atoms with Crippen molar-refractivity contribution >= 4 is 5.69 Å². The molecule has 0 amide bonds. The number of hydrogen-bond donors (Lipinski definition) is 1. The fraction of sp³-hybridized carbons (Fsp3) is 0.600. The first kappa shape index (κ1) is 13.2. The highest BCUT2D eigenvalue weighted by Crippen LogP contribution is 2.22. The molecule has 2 rings (SSSR count). The van der Waals surface area contributed by atoms with Gasteiger partial charge in [-0.3, -0.25) is 0 Å². The van der Waals surface area contributed by atoms with E-state index in [9.17, 15) is 0 Å². The molecular formula is C15H24N2O. The third-order valence-corrected chi connectivity index (χ3v) is 3.50. The second-order valence-electron chi connectivity index (χ2n) is 4.92. The van der Waals surface area contributed by atoms with Crippen molar-refractivity contribution in [2.24, 2.45) is 0 Å². The molecule has 18 heavy (non-hydrogen) atoms. The molecule has 1 unspecified atom stereocenters. The number of piperidine rings is 1. The van der Waals surface area contributed by atoms with E-state index in [0.29, 0.717) is 6.04 Å². The molecule has 1 heterocycles. The molecule has 0 aromatic heterocycles. The second kappa shape index (κ2) is 6.64. The van der Waals surface area contributed by atoms with Crippen LogP contribution >= 0.6 is 0 Å². The molecule has 1 N–H and O–H groups in total. The minimum Gasteiger partial charge on any atom is -0.494 e. The highest BCUT2D eigenvalue weighted by atomic mass is 16.5. The molecule has 0 spiro atoms. The zero-order chi connectivity index (χ0) is 12.8. The van der Waals surface area contributed by atoms with Crippen molar-refractivity contribution in [2.75, 3.05) is 31.6 Å². The van der Waals surface area contributed by atoms with Crippen LogP contribution in [0, 0.1) is 0 Å². The van der Waals surface area contributed by atoms with Crippen molar-refractivity contribution in [3.05, 3.63) is 24.3 Å². The van der Waals surface area contributed by atoms with Gasteiger partial charge in [0.25, 0.3) is 0 Å². The summed E-state index contributed by atoms with van der Waals surface area (Å²) in [4.78, 5) is 2.45. The summed E-state index contributed by atoms with van der Waals surface area (Å²) in [7, 11) is 2.05. The molecule has 3 nitrogen and oxygen atoms in total. The monoisotopic (exact) mass is 248 g/mol. The number of nitrogens with zero attached hydrogens (tertiary/aromatic N) is 1. The molecule has 0 saturated carbocycles. The van der Waals surface area contributed by atoms with E-state index in [1.807, 2.05) is 0 Å². The lowest BCUT2D eigenvalue weighted by atomic mass is 10.1. The lowest BCUT2D eigenvalue weighted by Crippen LogP contribution is -2.44. The van der Waals surface area contributed by atoms with Gasteiger partial charge in [0.05, 0.1) is 6.61 Å². The van der Waals surface area contributed by atoms with Gasteiger partial charge in [0, 0.05) is 24.8 Å². The van der Waals surface area contributed by atoms with Gasteiger partial charge in [-0.25, -0.2) is 0 Å². The zero-order valence-electron chi connectivity index (χ0n) is 11.5. The Balaban J connectivity index is 1.96. The molecule has 1 aromatic rings. The van der Waals surface area contributed by atoms with E-state index in [0.717, 1.165) is 31.9 Å². The summed E-state index contributed by atoms with van der Waals surface area (Å²) in [6.07, 6.45) is 3.60. The summed E-state index contributed by atoms with van der Waals surface area (Å²) in [5, 5.41) is 3.38. The van der Waals surface area contributed by atoms with E-state index in [1.54, 1.807) is 0 Å². The molecule has 1 fully saturated rings. The Morgan fingerprint density at radius 3 is 2.78 bits per heavy atom. The normalized spacial score (nSPS) is 19.9. The largest absolute Gasteiger partial charge is 0.494 e. The second-order valence-corrected chi connectivity index (χ2v) is 4.92. The Kier molecular flexibility index (Phi) is 4.88. The van der Waals surface area contributed by atoms with E-state index in [-0.39, 0.29) is 0 Å². The van der Waals surface area contributed by atoms with Crippen molar-refractivity contribution in [1.29, 1.82) is 0 Å². The number of benzene rings is 1. The van der Waals surface area contributed by atoms with Crippen LogP contribution in [0.1, 0.15) is 26.2 Å². The fourth-order valence-corrected chi connectivity index (χ4v) is 2.42. The summed E-state index contributed by atoms with van der Waals surface area (Å²) >= 11 is 0. The van der Waals surface area contributed by atoms with Gasteiger partial charge >= 0.3 is 0 Å². The number of rotatable bonds is 5. The third-order valence-electron chi connectivity index (χ3n) is 3.50. The summed E-state index contributed by atoms with van der Waals surface area (Å²) in [6.45, 7) is 5.18. The quantitative estimate of drug-likeness (QED) is 0.867. The van der Waals surface area contributed by atoms with E-state index in [2.05, 4.69) is 48.5 Å². The third kappa shape index (κ3) is 3.39. The number of likely N-dealkylation sites (N-methyl/N-ethyl adjacent to an activating group) is 1. The number of ether oxygens (including phenoxy) is 1.